The van der Waals surface area contributed by atoms with Crippen molar-refractivity contribution in [2.45, 2.75) is 12.1 Å². The van der Waals surface area contributed by atoms with Crippen molar-refractivity contribution in [2.24, 2.45) is 5.73 Å². The average Bonchev–Trinajstić information content (AvgIpc) is 2.79. The summed E-state index contributed by atoms with van der Waals surface area (Å²) in [5.41, 5.74) is 5.98. The Morgan fingerprint density at radius 3 is 3.21 bits per heavy atom. The number of benzene rings is 1. The summed E-state index contributed by atoms with van der Waals surface area (Å²) < 4.78 is 17.1. The molecule has 2 saturated heterocycles. The third-order valence-corrected chi connectivity index (χ3v) is 4.25. The predicted molar refractivity (Wildman–Crippen MR) is 88.8 cm³/mol. The van der Waals surface area contributed by atoms with Gasteiger partial charge in [0.1, 0.15) is 11.4 Å². The van der Waals surface area contributed by atoms with Gasteiger partial charge in [0, 0.05) is 32.7 Å². The molecule has 1 amide bonds. The van der Waals surface area contributed by atoms with E-state index in [0.717, 1.165) is 44.9 Å². The molecule has 0 bridgehead atoms. The van der Waals surface area contributed by atoms with E-state index >= 15 is 0 Å². The molecule has 24 heavy (non-hydrogen) atoms. The molecule has 0 aromatic heterocycles. The van der Waals surface area contributed by atoms with E-state index in [0.29, 0.717) is 19.0 Å². The van der Waals surface area contributed by atoms with Gasteiger partial charge in [0.05, 0.1) is 19.8 Å². The van der Waals surface area contributed by atoms with Crippen LogP contribution in [0.1, 0.15) is 5.56 Å². The van der Waals surface area contributed by atoms with Crippen LogP contribution in [-0.4, -0.2) is 69.0 Å². The minimum absolute atomic E-state index is 0.104. The van der Waals surface area contributed by atoms with Crippen molar-refractivity contribution in [3.63, 3.8) is 0 Å². The minimum atomic E-state index is -0.476. The fraction of sp³-hybridized carbons (Fsp3) is 0.588. The number of ether oxygens (including phenoxy) is 3. The second kappa shape index (κ2) is 7.94. The number of rotatable bonds is 5. The number of morpholine rings is 1. The van der Waals surface area contributed by atoms with E-state index in [-0.39, 0.29) is 12.2 Å². The van der Waals surface area contributed by atoms with Crippen molar-refractivity contribution in [1.29, 1.82) is 0 Å². The molecule has 7 heteroatoms. The molecule has 2 aliphatic heterocycles. The van der Waals surface area contributed by atoms with Gasteiger partial charge in [-0.15, -0.1) is 0 Å². The Kier molecular flexibility index (Phi) is 5.68. The van der Waals surface area contributed by atoms with Crippen LogP contribution in [-0.2, 0) is 20.8 Å². The van der Waals surface area contributed by atoms with E-state index in [1.54, 1.807) is 0 Å². The molecule has 0 aliphatic carbocycles. The van der Waals surface area contributed by atoms with E-state index in [1.165, 1.54) is 0 Å². The summed E-state index contributed by atoms with van der Waals surface area (Å²) in [5.74, 6) is 0.185. The number of nitrogens with one attached hydrogen (secondary N) is 1. The first kappa shape index (κ1) is 17.2. The number of amides is 1. The smallest absolute Gasteiger partial charge is 0.255 e. The largest absolute Gasteiger partial charge is 0.484 e. The molecule has 2 heterocycles. The van der Waals surface area contributed by atoms with Gasteiger partial charge in [0.25, 0.3) is 5.91 Å². The lowest BCUT2D eigenvalue weighted by Crippen LogP contribution is -2.57. The van der Waals surface area contributed by atoms with E-state index in [4.69, 9.17) is 19.9 Å². The van der Waals surface area contributed by atoms with Crippen LogP contribution in [0.5, 0.6) is 5.75 Å². The maximum absolute atomic E-state index is 10.8. The van der Waals surface area contributed by atoms with Gasteiger partial charge in [-0.1, -0.05) is 12.1 Å². The molecule has 7 nitrogen and oxygen atoms in total. The summed E-state index contributed by atoms with van der Waals surface area (Å²) in [7, 11) is 0. The summed E-state index contributed by atoms with van der Waals surface area (Å²) in [4.78, 5) is 13.2. The normalized spacial score (nSPS) is 25.3. The quantitative estimate of drug-likeness (QED) is 0.771. The first-order chi connectivity index (χ1) is 11.7. The Bertz CT molecular complexity index is 559. The summed E-state index contributed by atoms with van der Waals surface area (Å²) >= 11 is 0. The molecular formula is C17H25N3O4. The molecule has 2 aliphatic rings. The maximum atomic E-state index is 10.8. The average molecular weight is 335 g/mol. The molecule has 2 fully saturated rings. The van der Waals surface area contributed by atoms with Crippen LogP contribution in [0.25, 0.3) is 0 Å². The van der Waals surface area contributed by atoms with Crippen LogP contribution in [0.4, 0.5) is 0 Å². The Morgan fingerprint density at radius 1 is 1.42 bits per heavy atom. The lowest BCUT2D eigenvalue weighted by molar-refractivity contribution is -0.135. The highest BCUT2D eigenvalue weighted by atomic mass is 16.5. The van der Waals surface area contributed by atoms with Gasteiger partial charge in [0.15, 0.2) is 6.61 Å². The molecule has 0 unspecified atom stereocenters. The minimum Gasteiger partial charge on any atom is -0.484 e. The van der Waals surface area contributed by atoms with Crippen LogP contribution in [0.15, 0.2) is 24.3 Å². The molecule has 3 rings (SSSR count). The third-order valence-electron chi connectivity index (χ3n) is 4.25. The zero-order valence-electron chi connectivity index (χ0n) is 13.8. The molecule has 0 saturated carbocycles. The SMILES string of the molecule is NC(=O)COc1cccc(CN2CCO[C@@]3(CNCCOC3)C2)c1. The van der Waals surface area contributed by atoms with Crippen molar-refractivity contribution in [2.75, 3.05) is 52.6 Å². The van der Waals surface area contributed by atoms with E-state index in [2.05, 4.69) is 16.3 Å². The molecule has 1 spiro atoms. The molecular weight excluding hydrogens is 310 g/mol. The number of carbonyl (C=O) groups is 1. The molecule has 3 N–H and O–H groups in total. The van der Waals surface area contributed by atoms with Gasteiger partial charge >= 0.3 is 0 Å². The first-order valence-corrected chi connectivity index (χ1v) is 8.30. The van der Waals surface area contributed by atoms with Gasteiger partial charge in [0.2, 0.25) is 0 Å². The highest BCUT2D eigenvalue weighted by molar-refractivity contribution is 5.75. The highest BCUT2D eigenvalue weighted by Gasteiger charge is 2.37. The number of hydrogen-bond donors (Lipinski definition) is 2. The van der Waals surface area contributed by atoms with Crippen molar-refractivity contribution >= 4 is 5.91 Å². The van der Waals surface area contributed by atoms with Gasteiger partial charge in [-0.25, -0.2) is 0 Å². The standard InChI is InChI=1S/C17H25N3O4/c18-16(21)10-23-15-3-1-2-14(8-15)9-20-5-7-24-17(12-20)11-19-4-6-22-13-17/h1-3,8,19H,4-7,9-13H2,(H2,18,21)/t17-/m0/s1. The van der Waals surface area contributed by atoms with E-state index in [1.807, 2.05) is 18.2 Å². The van der Waals surface area contributed by atoms with Crippen molar-refractivity contribution in [3.8, 4) is 5.75 Å². The molecule has 0 radical (unpaired) electrons. The number of primary amides is 1. The van der Waals surface area contributed by atoms with Gasteiger partial charge < -0.3 is 25.3 Å². The summed E-state index contributed by atoms with van der Waals surface area (Å²) in [6.07, 6.45) is 0. The predicted octanol–water partition coefficient (Wildman–Crippen LogP) is -0.258. The van der Waals surface area contributed by atoms with Crippen molar-refractivity contribution in [1.82, 2.24) is 10.2 Å². The topological polar surface area (TPSA) is 86.1 Å². The van der Waals surface area contributed by atoms with Crippen LogP contribution in [0.2, 0.25) is 0 Å². The lowest BCUT2D eigenvalue weighted by Gasteiger charge is -2.41. The number of carbonyl (C=O) groups excluding carboxylic acids is 1. The zero-order chi connectivity index (χ0) is 16.8. The fourth-order valence-electron chi connectivity index (χ4n) is 3.17. The summed E-state index contributed by atoms with van der Waals surface area (Å²) in [6.45, 7) is 6.13. The monoisotopic (exact) mass is 335 g/mol. The third kappa shape index (κ3) is 4.67. The van der Waals surface area contributed by atoms with Crippen molar-refractivity contribution in [3.05, 3.63) is 29.8 Å². The first-order valence-electron chi connectivity index (χ1n) is 8.30. The second-order valence-corrected chi connectivity index (χ2v) is 6.37. The van der Waals surface area contributed by atoms with Crippen LogP contribution in [0, 0.1) is 0 Å². The summed E-state index contributed by atoms with van der Waals surface area (Å²) in [6, 6.07) is 7.77. The van der Waals surface area contributed by atoms with E-state index in [9.17, 15) is 4.79 Å². The van der Waals surface area contributed by atoms with E-state index < -0.39 is 5.91 Å². The number of hydrogen-bond acceptors (Lipinski definition) is 6. The van der Waals surface area contributed by atoms with Crippen LogP contribution in [0.3, 0.4) is 0 Å². The fourth-order valence-corrected chi connectivity index (χ4v) is 3.17. The van der Waals surface area contributed by atoms with Crippen LogP contribution < -0.4 is 15.8 Å². The van der Waals surface area contributed by atoms with Gasteiger partial charge in [-0.2, -0.15) is 0 Å². The summed E-state index contributed by atoms with van der Waals surface area (Å²) in [5, 5.41) is 3.39. The van der Waals surface area contributed by atoms with Crippen LogP contribution >= 0.6 is 0 Å². The second-order valence-electron chi connectivity index (χ2n) is 6.37. The lowest BCUT2D eigenvalue weighted by atomic mass is 10.0. The number of nitrogens with zero attached hydrogens (tertiary/aromatic N) is 1. The molecule has 1 atom stereocenters. The Labute approximate surface area is 142 Å². The highest BCUT2D eigenvalue weighted by Crippen LogP contribution is 2.22. The van der Waals surface area contributed by atoms with Crippen molar-refractivity contribution < 1.29 is 19.0 Å². The van der Waals surface area contributed by atoms with Gasteiger partial charge in [-0.05, 0) is 17.7 Å². The molecule has 1 aromatic rings. The Balaban J connectivity index is 1.60. The maximum Gasteiger partial charge on any atom is 0.255 e. The Morgan fingerprint density at radius 2 is 2.33 bits per heavy atom. The Hall–Kier alpha value is -1.67. The number of nitrogens with two attached hydrogens (primary N) is 1. The molecule has 132 valence electrons. The zero-order valence-corrected chi connectivity index (χ0v) is 13.8. The molecule has 1 aromatic carbocycles. The van der Waals surface area contributed by atoms with Gasteiger partial charge in [-0.3, -0.25) is 9.69 Å².